The maximum Gasteiger partial charge on any atom is 0.310 e. The molecular weight excluding hydrogens is 260 g/mol. The summed E-state index contributed by atoms with van der Waals surface area (Å²) in [4.78, 5) is 17.6. The van der Waals surface area contributed by atoms with Gasteiger partial charge in [0.2, 0.25) is 0 Å². The van der Waals surface area contributed by atoms with Gasteiger partial charge in [0.1, 0.15) is 0 Å². The number of nitrogens with zero attached hydrogens (tertiary/aromatic N) is 2. The lowest BCUT2D eigenvalue weighted by Gasteiger charge is -2.05. The first-order valence-electron chi connectivity index (χ1n) is 5.98. The van der Waals surface area contributed by atoms with Crippen molar-refractivity contribution in [3.63, 3.8) is 0 Å². The Bertz CT molecular complexity index is 653. The molecule has 0 amide bonds. The van der Waals surface area contributed by atoms with Crippen molar-refractivity contribution in [3.05, 3.63) is 45.7 Å². The summed E-state index contributed by atoms with van der Waals surface area (Å²) in [5, 5.41) is 8.95. The first-order valence-corrected chi connectivity index (χ1v) is 6.79. The Morgan fingerprint density at radius 2 is 2.00 bits per heavy atom. The highest BCUT2D eigenvalue weighted by Gasteiger charge is 2.12. The second-order valence-electron chi connectivity index (χ2n) is 4.50. The van der Waals surface area contributed by atoms with E-state index in [4.69, 9.17) is 5.11 Å². The van der Waals surface area contributed by atoms with Gasteiger partial charge in [-0.15, -0.1) is 11.3 Å². The average Bonchev–Trinajstić information content (AvgIpc) is 2.68. The molecule has 0 saturated heterocycles. The lowest BCUT2D eigenvalue weighted by atomic mass is 10.0. The largest absolute Gasteiger partial charge is 0.481 e. The van der Waals surface area contributed by atoms with Crippen LogP contribution in [0.5, 0.6) is 0 Å². The Morgan fingerprint density at radius 3 is 2.47 bits per heavy atom. The third kappa shape index (κ3) is 3.12. The summed E-state index contributed by atoms with van der Waals surface area (Å²) in [5.41, 5.74) is 1.62. The molecular formula is C14H16N2O2S. The van der Waals surface area contributed by atoms with E-state index in [1.165, 1.54) is 4.88 Å². The van der Waals surface area contributed by atoms with Crippen molar-refractivity contribution in [2.24, 2.45) is 12.0 Å². The molecule has 0 fully saturated rings. The highest BCUT2D eigenvalue weighted by atomic mass is 32.1. The third-order valence-electron chi connectivity index (χ3n) is 2.92. The van der Waals surface area contributed by atoms with Crippen LogP contribution in [0.2, 0.25) is 0 Å². The van der Waals surface area contributed by atoms with Crippen molar-refractivity contribution in [1.29, 1.82) is 0 Å². The number of aryl methyl sites for hydroxylation is 2. The van der Waals surface area contributed by atoms with Crippen LogP contribution in [0.1, 0.15) is 23.3 Å². The fourth-order valence-corrected chi connectivity index (χ4v) is 2.61. The Hall–Kier alpha value is -1.88. The monoisotopic (exact) mass is 276 g/mol. The SMILES string of the molecule is Cc1cn(C)c(=Nc2ccc(C(C)C(=O)O)cc2)s1. The molecule has 0 saturated carbocycles. The Balaban J connectivity index is 2.31. The first-order chi connectivity index (χ1) is 8.97. The molecule has 1 N–H and O–H groups in total. The lowest BCUT2D eigenvalue weighted by Crippen LogP contribution is -2.08. The Kier molecular flexibility index (Phi) is 3.85. The van der Waals surface area contributed by atoms with E-state index in [0.717, 1.165) is 16.1 Å². The first kappa shape index (κ1) is 13.5. The zero-order valence-electron chi connectivity index (χ0n) is 11.1. The molecule has 2 aromatic rings. The summed E-state index contributed by atoms with van der Waals surface area (Å²) in [7, 11) is 1.96. The lowest BCUT2D eigenvalue weighted by molar-refractivity contribution is -0.138. The summed E-state index contributed by atoms with van der Waals surface area (Å²) in [6.07, 6.45) is 2.03. The summed E-state index contributed by atoms with van der Waals surface area (Å²) in [6.45, 7) is 3.72. The van der Waals surface area contributed by atoms with E-state index in [2.05, 4.69) is 4.99 Å². The van der Waals surface area contributed by atoms with Crippen molar-refractivity contribution in [2.45, 2.75) is 19.8 Å². The van der Waals surface area contributed by atoms with E-state index in [0.29, 0.717) is 0 Å². The quantitative estimate of drug-likeness (QED) is 0.937. The van der Waals surface area contributed by atoms with Crippen molar-refractivity contribution in [3.8, 4) is 0 Å². The highest BCUT2D eigenvalue weighted by Crippen LogP contribution is 2.19. The number of aliphatic carboxylic acids is 1. The molecule has 100 valence electrons. The van der Waals surface area contributed by atoms with Crippen LogP contribution in [0.4, 0.5) is 5.69 Å². The van der Waals surface area contributed by atoms with Crippen LogP contribution in [0.25, 0.3) is 0 Å². The number of thiazole rings is 1. The Morgan fingerprint density at radius 1 is 1.37 bits per heavy atom. The zero-order valence-corrected chi connectivity index (χ0v) is 11.9. The standard InChI is InChI=1S/C14H16N2O2S/c1-9-8-16(3)14(19-9)15-12-6-4-11(5-7-12)10(2)13(17)18/h4-8,10H,1-3H3,(H,17,18). The van der Waals surface area contributed by atoms with Gasteiger partial charge in [0.15, 0.2) is 4.80 Å². The van der Waals surface area contributed by atoms with E-state index >= 15 is 0 Å². The topological polar surface area (TPSA) is 54.6 Å². The van der Waals surface area contributed by atoms with Crippen LogP contribution in [0, 0.1) is 6.92 Å². The van der Waals surface area contributed by atoms with Crippen LogP contribution < -0.4 is 4.80 Å². The maximum absolute atomic E-state index is 10.9. The van der Waals surface area contributed by atoms with E-state index in [1.54, 1.807) is 18.3 Å². The molecule has 0 aliphatic rings. The van der Waals surface area contributed by atoms with Gasteiger partial charge in [-0.2, -0.15) is 0 Å². The van der Waals surface area contributed by atoms with Crippen LogP contribution in [0.15, 0.2) is 35.5 Å². The van der Waals surface area contributed by atoms with Gasteiger partial charge in [-0.05, 0) is 31.5 Å². The number of rotatable bonds is 3. The summed E-state index contributed by atoms with van der Waals surface area (Å²) in [6, 6.07) is 7.34. The van der Waals surface area contributed by atoms with Crippen LogP contribution in [-0.2, 0) is 11.8 Å². The molecule has 0 radical (unpaired) electrons. The molecule has 4 nitrogen and oxygen atoms in total. The number of carboxylic acids is 1. The Labute approximate surface area is 115 Å². The molecule has 2 rings (SSSR count). The molecule has 0 aliphatic carbocycles. The van der Waals surface area contributed by atoms with Gasteiger partial charge in [-0.1, -0.05) is 12.1 Å². The van der Waals surface area contributed by atoms with Crippen LogP contribution >= 0.6 is 11.3 Å². The predicted octanol–water partition coefficient (Wildman–Crippen LogP) is 2.82. The van der Waals surface area contributed by atoms with Crippen molar-refractivity contribution in [1.82, 2.24) is 4.57 Å². The number of carbonyl (C=O) groups is 1. The van der Waals surface area contributed by atoms with Gasteiger partial charge in [0, 0.05) is 18.1 Å². The summed E-state index contributed by atoms with van der Waals surface area (Å²) in [5.74, 6) is -1.31. The molecule has 1 aromatic carbocycles. The van der Waals surface area contributed by atoms with Gasteiger partial charge in [-0.25, -0.2) is 4.99 Å². The maximum atomic E-state index is 10.9. The number of benzene rings is 1. The van der Waals surface area contributed by atoms with E-state index in [1.807, 2.05) is 49.0 Å². The number of carboxylic acid groups (broad SMARTS) is 1. The molecule has 1 aromatic heterocycles. The normalized spacial score (nSPS) is 13.5. The molecule has 1 atom stereocenters. The van der Waals surface area contributed by atoms with Crippen LogP contribution in [-0.4, -0.2) is 15.6 Å². The second-order valence-corrected chi connectivity index (χ2v) is 5.71. The van der Waals surface area contributed by atoms with Crippen LogP contribution in [0.3, 0.4) is 0 Å². The van der Waals surface area contributed by atoms with E-state index in [-0.39, 0.29) is 0 Å². The summed E-state index contributed by atoms with van der Waals surface area (Å²) < 4.78 is 1.98. The molecule has 1 heterocycles. The number of hydrogen-bond acceptors (Lipinski definition) is 3. The van der Waals surface area contributed by atoms with Gasteiger partial charge < -0.3 is 9.67 Å². The van der Waals surface area contributed by atoms with E-state index < -0.39 is 11.9 Å². The summed E-state index contributed by atoms with van der Waals surface area (Å²) >= 11 is 1.63. The highest BCUT2D eigenvalue weighted by molar-refractivity contribution is 7.09. The zero-order chi connectivity index (χ0) is 14.0. The molecule has 1 unspecified atom stereocenters. The van der Waals surface area contributed by atoms with Gasteiger partial charge in [0.05, 0.1) is 11.6 Å². The molecule has 0 bridgehead atoms. The minimum atomic E-state index is -0.815. The van der Waals surface area contributed by atoms with Gasteiger partial charge in [-0.3, -0.25) is 4.79 Å². The third-order valence-corrected chi connectivity index (χ3v) is 3.91. The smallest absolute Gasteiger partial charge is 0.310 e. The van der Waals surface area contributed by atoms with Crippen molar-refractivity contribution in [2.75, 3.05) is 0 Å². The number of hydrogen-bond donors (Lipinski definition) is 1. The van der Waals surface area contributed by atoms with Gasteiger partial charge in [0.25, 0.3) is 0 Å². The number of aromatic nitrogens is 1. The minimum Gasteiger partial charge on any atom is -0.481 e. The van der Waals surface area contributed by atoms with E-state index in [9.17, 15) is 4.79 Å². The molecule has 5 heteroatoms. The fraction of sp³-hybridized carbons (Fsp3) is 0.286. The minimum absolute atomic E-state index is 0.492. The molecule has 0 spiro atoms. The van der Waals surface area contributed by atoms with Crippen molar-refractivity contribution >= 4 is 23.0 Å². The molecule has 0 aliphatic heterocycles. The van der Waals surface area contributed by atoms with Crippen molar-refractivity contribution < 1.29 is 9.90 Å². The second kappa shape index (κ2) is 5.40. The average molecular weight is 276 g/mol. The molecule has 19 heavy (non-hydrogen) atoms. The fourth-order valence-electron chi connectivity index (χ4n) is 1.76. The van der Waals surface area contributed by atoms with Gasteiger partial charge >= 0.3 is 5.97 Å². The predicted molar refractivity (Wildman–Crippen MR) is 75.7 cm³/mol.